The number of ether oxygens (including phenoxy) is 1. The predicted molar refractivity (Wildman–Crippen MR) is 61.4 cm³/mol. The summed E-state index contributed by atoms with van der Waals surface area (Å²) >= 11 is 0. The topological polar surface area (TPSA) is 70.1 Å². The highest BCUT2D eigenvalue weighted by atomic mass is 16.6. The summed E-state index contributed by atoms with van der Waals surface area (Å²) < 4.78 is 4.50. The van der Waals surface area contributed by atoms with Gasteiger partial charge in [-0.25, -0.2) is 4.79 Å². The maximum atomic E-state index is 9.60. The third-order valence-corrected chi connectivity index (χ3v) is 1.33. The molecule has 0 amide bonds. The fourth-order valence-electron chi connectivity index (χ4n) is 0.428. The predicted octanol–water partition coefficient (Wildman–Crippen LogP) is 2.06. The number of phenols is 1. The van der Waals surface area contributed by atoms with Crippen LogP contribution in [-0.2, 0) is 9.53 Å². The Kier molecular flexibility index (Phi) is 7.53. The Morgan fingerprint density at radius 1 is 1.31 bits per heavy atom. The number of rotatable bonds is 1. The zero-order valence-corrected chi connectivity index (χ0v) is 9.22. The van der Waals surface area contributed by atoms with Crippen LogP contribution in [0, 0.1) is 0 Å². The van der Waals surface area contributed by atoms with Crippen molar-refractivity contribution >= 4 is 5.97 Å². The van der Waals surface area contributed by atoms with Crippen LogP contribution < -0.4 is 0 Å². The fourth-order valence-corrected chi connectivity index (χ4v) is 0.428. The van der Waals surface area contributed by atoms with Crippen molar-refractivity contribution in [2.45, 2.75) is 6.92 Å². The van der Waals surface area contributed by atoms with Crippen LogP contribution in [0.2, 0.25) is 0 Å². The molecule has 0 aliphatic carbocycles. The number of carbonyl (C=O) groups is 1. The Labute approximate surface area is 94.8 Å². The number of carboxylic acid groups (broad SMARTS) is 1. The quantitative estimate of drug-likeness (QED) is 0.565. The highest BCUT2D eigenvalue weighted by Gasteiger charge is 1.94. The second-order valence-electron chi connectivity index (χ2n) is 3.03. The average molecular weight is 224 g/mol. The molecule has 0 unspecified atom stereocenters. The third-order valence-electron chi connectivity index (χ3n) is 1.33. The van der Waals surface area contributed by atoms with Crippen LogP contribution in [0.5, 0.6) is 5.75 Å². The van der Waals surface area contributed by atoms with Crippen LogP contribution >= 0.6 is 0 Å². The molecule has 1 saturated heterocycles. The van der Waals surface area contributed by atoms with Crippen LogP contribution in [0.1, 0.15) is 6.92 Å². The van der Waals surface area contributed by atoms with E-state index in [1.807, 2.05) is 6.07 Å². The van der Waals surface area contributed by atoms with Gasteiger partial charge in [-0.2, -0.15) is 0 Å². The summed E-state index contributed by atoms with van der Waals surface area (Å²) in [7, 11) is 0. The number of hydrogen-bond acceptors (Lipinski definition) is 3. The molecule has 0 radical (unpaired) electrons. The minimum atomic E-state index is -0.935. The molecular formula is C12H16O4. The second kappa shape index (κ2) is 8.49. The summed E-state index contributed by atoms with van der Waals surface area (Å²) in [6, 6.07) is 8.71. The first-order chi connectivity index (χ1) is 7.54. The molecule has 1 aromatic rings. The molecule has 4 heteroatoms. The summed E-state index contributed by atoms with van der Waals surface area (Å²) in [5, 5.41) is 16.5. The van der Waals surface area contributed by atoms with Gasteiger partial charge in [0.05, 0.1) is 13.2 Å². The molecule has 16 heavy (non-hydrogen) atoms. The van der Waals surface area contributed by atoms with Crippen LogP contribution in [0.15, 0.2) is 42.5 Å². The molecule has 0 aromatic heterocycles. The van der Waals surface area contributed by atoms with Crippen LogP contribution in [0.3, 0.4) is 0 Å². The normalized spacial score (nSPS) is 11.1. The van der Waals surface area contributed by atoms with Gasteiger partial charge in [0.1, 0.15) is 5.75 Å². The minimum Gasteiger partial charge on any atom is -0.508 e. The van der Waals surface area contributed by atoms with Crippen molar-refractivity contribution in [1.29, 1.82) is 0 Å². The van der Waals surface area contributed by atoms with Crippen LogP contribution in [0.4, 0.5) is 0 Å². The standard InChI is InChI=1S/C6H6O.C4H6O2.C2H4O/c7-6-4-2-1-3-5-6;1-3(2)4(5)6;1-2-3-1/h1-5,7H;1H2,2H3,(H,5,6);1-2H2. The van der Waals surface area contributed by atoms with E-state index in [2.05, 4.69) is 11.3 Å². The summed E-state index contributed by atoms with van der Waals surface area (Å²) in [5.74, 6) is -0.613. The molecule has 0 bridgehead atoms. The summed E-state index contributed by atoms with van der Waals surface area (Å²) in [5.41, 5.74) is 0.176. The Morgan fingerprint density at radius 3 is 1.81 bits per heavy atom. The van der Waals surface area contributed by atoms with E-state index < -0.39 is 5.97 Å². The van der Waals surface area contributed by atoms with Crippen molar-refractivity contribution in [2.24, 2.45) is 0 Å². The van der Waals surface area contributed by atoms with Crippen molar-refractivity contribution in [3.8, 4) is 5.75 Å². The SMILES string of the molecule is C1CO1.C=C(C)C(=O)O.Oc1ccccc1. The highest BCUT2D eigenvalue weighted by Crippen LogP contribution is 2.02. The largest absolute Gasteiger partial charge is 0.508 e. The number of carboxylic acids is 1. The van der Waals surface area contributed by atoms with Gasteiger partial charge in [-0.3, -0.25) is 0 Å². The molecular weight excluding hydrogens is 208 g/mol. The highest BCUT2D eigenvalue weighted by molar-refractivity contribution is 5.84. The molecule has 0 spiro atoms. The molecule has 0 atom stereocenters. The molecule has 2 rings (SSSR count). The first kappa shape index (κ1) is 14.2. The van der Waals surface area contributed by atoms with E-state index in [0.717, 1.165) is 13.2 Å². The first-order valence-electron chi connectivity index (χ1n) is 4.74. The molecule has 1 fully saturated rings. The maximum Gasteiger partial charge on any atom is 0.330 e. The van der Waals surface area contributed by atoms with E-state index in [-0.39, 0.29) is 5.57 Å². The Balaban J connectivity index is 0.000000226. The zero-order chi connectivity index (χ0) is 12.4. The molecule has 1 aliphatic heterocycles. The van der Waals surface area contributed by atoms with E-state index in [0.29, 0.717) is 5.75 Å². The van der Waals surface area contributed by atoms with Gasteiger partial charge in [-0.1, -0.05) is 24.8 Å². The number of aliphatic carboxylic acids is 1. The lowest BCUT2D eigenvalue weighted by molar-refractivity contribution is -0.132. The Morgan fingerprint density at radius 2 is 1.69 bits per heavy atom. The van der Waals surface area contributed by atoms with Crippen LogP contribution in [-0.4, -0.2) is 29.4 Å². The van der Waals surface area contributed by atoms with Gasteiger partial charge in [-0.05, 0) is 19.1 Å². The van der Waals surface area contributed by atoms with Gasteiger partial charge in [0.15, 0.2) is 0 Å². The number of hydrogen-bond donors (Lipinski definition) is 2. The lowest BCUT2D eigenvalue weighted by Crippen LogP contribution is -1.92. The smallest absolute Gasteiger partial charge is 0.330 e. The molecule has 88 valence electrons. The first-order valence-corrected chi connectivity index (χ1v) is 4.74. The third kappa shape index (κ3) is 12.2. The molecule has 0 saturated carbocycles. The van der Waals surface area contributed by atoms with E-state index in [1.165, 1.54) is 6.92 Å². The average Bonchev–Trinajstić information content (AvgIpc) is 3.06. The van der Waals surface area contributed by atoms with Gasteiger partial charge in [0.2, 0.25) is 0 Å². The van der Waals surface area contributed by atoms with E-state index in [9.17, 15) is 4.79 Å². The number of epoxide rings is 1. The number of phenolic OH excluding ortho intramolecular Hbond substituents is 1. The lowest BCUT2D eigenvalue weighted by atomic mass is 10.3. The number of para-hydroxylation sites is 1. The van der Waals surface area contributed by atoms with E-state index in [1.54, 1.807) is 24.3 Å². The van der Waals surface area contributed by atoms with Crippen LogP contribution in [0.25, 0.3) is 0 Å². The Bertz CT molecular complexity index is 302. The van der Waals surface area contributed by atoms with E-state index >= 15 is 0 Å². The van der Waals surface area contributed by atoms with Crippen molar-refractivity contribution in [2.75, 3.05) is 13.2 Å². The molecule has 4 nitrogen and oxygen atoms in total. The molecule has 1 aliphatic rings. The maximum absolute atomic E-state index is 9.60. The molecule has 2 N–H and O–H groups in total. The Hall–Kier alpha value is -1.81. The number of benzene rings is 1. The summed E-state index contributed by atoms with van der Waals surface area (Å²) in [6.45, 7) is 6.60. The summed E-state index contributed by atoms with van der Waals surface area (Å²) in [4.78, 5) is 9.60. The van der Waals surface area contributed by atoms with Crippen molar-refractivity contribution < 1.29 is 19.7 Å². The monoisotopic (exact) mass is 224 g/mol. The van der Waals surface area contributed by atoms with E-state index in [4.69, 9.17) is 10.2 Å². The van der Waals surface area contributed by atoms with Gasteiger partial charge in [0, 0.05) is 5.57 Å². The molecule has 1 heterocycles. The van der Waals surface area contributed by atoms with Crippen molar-refractivity contribution in [3.05, 3.63) is 42.5 Å². The summed E-state index contributed by atoms with van der Waals surface area (Å²) in [6.07, 6.45) is 0. The second-order valence-corrected chi connectivity index (χ2v) is 3.03. The molecule has 1 aromatic carbocycles. The van der Waals surface area contributed by atoms with Gasteiger partial charge in [-0.15, -0.1) is 0 Å². The fraction of sp³-hybridized carbons (Fsp3) is 0.250. The van der Waals surface area contributed by atoms with Gasteiger partial charge >= 0.3 is 5.97 Å². The zero-order valence-electron chi connectivity index (χ0n) is 9.22. The number of aromatic hydroxyl groups is 1. The van der Waals surface area contributed by atoms with Crippen molar-refractivity contribution in [1.82, 2.24) is 0 Å². The lowest BCUT2D eigenvalue weighted by Gasteiger charge is -1.82. The van der Waals surface area contributed by atoms with Gasteiger partial charge < -0.3 is 14.9 Å². The van der Waals surface area contributed by atoms with Gasteiger partial charge in [0.25, 0.3) is 0 Å². The van der Waals surface area contributed by atoms with Crippen molar-refractivity contribution in [3.63, 3.8) is 0 Å². The minimum absolute atomic E-state index is 0.176.